The summed E-state index contributed by atoms with van der Waals surface area (Å²) in [5.74, 6) is -0.617. The fraction of sp³-hybridized carbons (Fsp3) is 0.100. The van der Waals surface area contributed by atoms with Crippen molar-refractivity contribution in [2.45, 2.75) is 13.8 Å². The molecule has 11 heteroatoms. The molecular weight excluding hydrogens is 544 g/mol. The molecule has 5 rings (SSSR count). The van der Waals surface area contributed by atoms with Crippen molar-refractivity contribution in [1.29, 1.82) is 5.26 Å². The number of benzene rings is 2. The average Bonchev–Trinajstić information content (AvgIpc) is 3.18. The standard InChI is InChI=1S/C30H23ClN6O4/c1-18-15-22(12-13-24(18)31)41-28-23(29(39)36-14-8-7-11-25(36)33-28)16-20(17-32)27(38)34-26-19(2)35(3)37(30(26)40)21-9-5-4-6-10-21/h4-16H,1-3H3,(H,34,38). The number of aryl methyl sites for hydroxylation is 1. The van der Waals surface area contributed by atoms with Gasteiger partial charge in [-0.25, -0.2) is 4.68 Å². The lowest BCUT2D eigenvalue weighted by Gasteiger charge is -2.11. The Labute approximate surface area is 238 Å². The van der Waals surface area contributed by atoms with Gasteiger partial charge >= 0.3 is 0 Å². The maximum atomic E-state index is 13.5. The van der Waals surface area contributed by atoms with Gasteiger partial charge < -0.3 is 10.1 Å². The van der Waals surface area contributed by atoms with E-state index < -0.39 is 22.6 Å². The molecule has 0 spiro atoms. The second-order valence-corrected chi connectivity index (χ2v) is 9.55. The first-order valence-corrected chi connectivity index (χ1v) is 12.8. The van der Waals surface area contributed by atoms with Gasteiger partial charge in [0.25, 0.3) is 17.0 Å². The number of halogens is 1. The Kier molecular flexibility index (Phi) is 7.29. The van der Waals surface area contributed by atoms with Crippen molar-refractivity contribution in [3.05, 3.63) is 121 Å². The minimum Gasteiger partial charge on any atom is -0.438 e. The normalized spacial score (nSPS) is 11.3. The Hall–Kier alpha value is -5.40. The van der Waals surface area contributed by atoms with Crippen LogP contribution in [-0.2, 0) is 11.8 Å². The molecule has 1 amide bonds. The number of nitriles is 1. The molecule has 0 saturated carbocycles. The van der Waals surface area contributed by atoms with Crippen LogP contribution in [0.15, 0.2) is 88.1 Å². The van der Waals surface area contributed by atoms with Crippen molar-refractivity contribution >= 4 is 34.9 Å². The van der Waals surface area contributed by atoms with E-state index >= 15 is 0 Å². The second kappa shape index (κ2) is 11.0. The highest BCUT2D eigenvalue weighted by molar-refractivity contribution is 6.31. The summed E-state index contributed by atoms with van der Waals surface area (Å²) in [6, 6.07) is 20.7. The number of rotatable bonds is 6. The summed E-state index contributed by atoms with van der Waals surface area (Å²) in [6.45, 7) is 3.47. The van der Waals surface area contributed by atoms with E-state index in [9.17, 15) is 19.6 Å². The zero-order valence-corrected chi connectivity index (χ0v) is 23.0. The molecule has 2 aromatic carbocycles. The van der Waals surface area contributed by atoms with Crippen molar-refractivity contribution in [1.82, 2.24) is 18.7 Å². The van der Waals surface area contributed by atoms with Crippen LogP contribution in [0.4, 0.5) is 5.69 Å². The van der Waals surface area contributed by atoms with Crippen LogP contribution in [-0.4, -0.2) is 24.7 Å². The first kappa shape index (κ1) is 27.2. The van der Waals surface area contributed by atoms with Crippen molar-refractivity contribution in [3.63, 3.8) is 0 Å². The maximum Gasteiger partial charge on any atom is 0.295 e. The van der Waals surface area contributed by atoms with Gasteiger partial charge in [0.2, 0.25) is 5.88 Å². The third-order valence-corrected chi connectivity index (χ3v) is 6.95. The zero-order chi connectivity index (χ0) is 29.3. The van der Waals surface area contributed by atoms with Gasteiger partial charge in [-0.3, -0.25) is 23.5 Å². The number of ether oxygens (including phenoxy) is 1. The van der Waals surface area contributed by atoms with Crippen molar-refractivity contribution in [3.8, 4) is 23.4 Å². The van der Waals surface area contributed by atoms with Crippen LogP contribution >= 0.6 is 11.6 Å². The number of hydrogen-bond acceptors (Lipinski definition) is 6. The summed E-state index contributed by atoms with van der Waals surface area (Å²) in [5, 5.41) is 13.0. The van der Waals surface area contributed by atoms with E-state index in [1.165, 1.54) is 15.3 Å². The topological polar surface area (TPSA) is 123 Å². The number of nitrogens with zero attached hydrogens (tertiary/aromatic N) is 5. The second-order valence-electron chi connectivity index (χ2n) is 9.14. The van der Waals surface area contributed by atoms with E-state index in [-0.39, 0.29) is 17.1 Å². The molecule has 1 N–H and O–H groups in total. The van der Waals surface area contributed by atoms with Gasteiger partial charge in [0.15, 0.2) is 0 Å². The van der Waals surface area contributed by atoms with Gasteiger partial charge in [0.1, 0.15) is 34.3 Å². The number of aromatic nitrogens is 4. The third kappa shape index (κ3) is 5.14. The number of nitrogens with one attached hydrogen (secondary N) is 1. The minimum atomic E-state index is -0.871. The summed E-state index contributed by atoms with van der Waals surface area (Å²) in [7, 11) is 1.68. The number of carbonyl (C=O) groups excluding carboxylic acids is 1. The Balaban J connectivity index is 1.58. The number of anilines is 1. The molecule has 10 nitrogen and oxygen atoms in total. The van der Waals surface area contributed by atoms with Crippen LogP contribution in [0.2, 0.25) is 5.02 Å². The maximum absolute atomic E-state index is 13.5. The Bertz CT molecular complexity index is 2020. The van der Waals surface area contributed by atoms with E-state index in [1.54, 1.807) is 86.2 Å². The number of para-hydroxylation sites is 1. The smallest absolute Gasteiger partial charge is 0.295 e. The highest BCUT2D eigenvalue weighted by Crippen LogP contribution is 2.27. The number of carbonyl (C=O) groups is 1. The molecular formula is C30H23ClN6O4. The number of amides is 1. The SMILES string of the molecule is Cc1cc(Oc2nc3ccccn3c(=O)c2C=C(C#N)C(=O)Nc2c(C)n(C)n(-c3ccccc3)c2=O)ccc1Cl. The number of hydrogen-bond donors (Lipinski definition) is 1. The molecule has 0 aliphatic carbocycles. The molecule has 0 aliphatic rings. The highest BCUT2D eigenvalue weighted by Gasteiger charge is 2.22. The quantitative estimate of drug-likeness (QED) is 0.233. The molecule has 0 atom stereocenters. The first-order valence-electron chi connectivity index (χ1n) is 12.4. The van der Waals surface area contributed by atoms with Gasteiger partial charge in [0.05, 0.1) is 11.4 Å². The first-order chi connectivity index (χ1) is 19.7. The van der Waals surface area contributed by atoms with Crippen LogP contribution in [0.1, 0.15) is 16.8 Å². The zero-order valence-electron chi connectivity index (χ0n) is 22.3. The summed E-state index contributed by atoms with van der Waals surface area (Å²) in [6.07, 6.45) is 2.62. The van der Waals surface area contributed by atoms with E-state index in [2.05, 4.69) is 10.3 Å². The fourth-order valence-electron chi connectivity index (χ4n) is 4.26. The van der Waals surface area contributed by atoms with E-state index in [4.69, 9.17) is 16.3 Å². The summed E-state index contributed by atoms with van der Waals surface area (Å²) in [4.78, 5) is 44.5. The van der Waals surface area contributed by atoms with Gasteiger partial charge in [-0.05, 0) is 68.0 Å². The molecule has 0 unspecified atom stereocenters. The number of fused-ring (bicyclic) bond motifs is 1. The molecule has 0 aliphatic heterocycles. The van der Waals surface area contributed by atoms with Crippen LogP contribution in [0, 0.1) is 25.2 Å². The van der Waals surface area contributed by atoms with E-state index in [0.29, 0.717) is 27.8 Å². The van der Waals surface area contributed by atoms with Crippen LogP contribution in [0.25, 0.3) is 17.4 Å². The largest absolute Gasteiger partial charge is 0.438 e. The molecule has 204 valence electrons. The van der Waals surface area contributed by atoms with Gasteiger partial charge in [0, 0.05) is 18.3 Å². The van der Waals surface area contributed by atoms with E-state index in [0.717, 1.165) is 11.6 Å². The lowest BCUT2D eigenvalue weighted by atomic mass is 10.1. The average molecular weight is 567 g/mol. The lowest BCUT2D eigenvalue weighted by molar-refractivity contribution is -0.112. The molecule has 3 heterocycles. The van der Waals surface area contributed by atoms with Crippen LogP contribution < -0.4 is 21.2 Å². The molecule has 0 fully saturated rings. The van der Waals surface area contributed by atoms with E-state index in [1.807, 2.05) is 12.1 Å². The highest BCUT2D eigenvalue weighted by atomic mass is 35.5. The summed E-state index contributed by atoms with van der Waals surface area (Å²) >= 11 is 6.14. The van der Waals surface area contributed by atoms with Gasteiger partial charge in [-0.15, -0.1) is 0 Å². The van der Waals surface area contributed by atoms with Gasteiger partial charge in [-0.1, -0.05) is 35.9 Å². The molecule has 3 aromatic heterocycles. The fourth-order valence-corrected chi connectivity index (χ4v) is 4.38. The van der Waals surface area contributed by atoms with Crippen molar-refractivity contribution in [2.24, 2.45) is 7.05 Å². The minimum absolute atomic E-state index is 0.00368. The van der Waals surface area contributed by atoms with Crippen LogP contribution in [0.3, 0.4) is 0 Å². The van der Waals surface area contributed by atoms with Crippen molar-refractivity contribution < 1.29 is 9.53 Å². The predicted octanol–water partition coefficient (Wildman–Crippen LogP) is 4.79. The Morgan fingerprint density at radius 2 is 1.78 bits per heavy atom. The summed E-state index contributed by atoms with van der Waals surface area (Å²) in [5.41, 5.74) is 0.549. The number of pyridine rings is 1. The van der Waals surface area contributed by atoms with Gasteiger partial charge in [-0.2, -0.15) is 10.2 Å². The summed E-state index contributed by atoms with van der Waals surface area (Å²) < 4.78 is 10.2. The molecule has 41 heavy (non-hydrogen) atoms. The predicted molar refractivity (Wildman–Crippen MR) is 156 cm³/mol. The monoisotopic (exact) mass is 566 g/mol. The molecule has 0 radical (unpaired) electrons. The van der Waals surface area contributed by atoms with Crippen molar-refractivity contribution in [2.75, 3.05) is 5.32 Å². The molecule has 0 bridgehead atoms. The lowest BCUT2D eigenvalue weighted by Crippen LogP contribution is -2.24. The Morgan fingerprint density at radius 1 is 1.05 bits per heavy atom. The molecule has 0 saturated heterocycles. The third-order valence-electron chi connectivity index (χ3n) is 6.52. The Morgan fingerprint density at radius 3 is 2.49 bits per heavy atom. The molecule has 5 aromatic rings. The van der Waals surface area contributed by atoms with Crippen LogP contribution in [0.5, 0.6) is 11.6 Å².